The van der Waals surface area contributed by atoms with Crippen LogP contribution in [0.4, 0.5) is 10.6 Å². The van der Waals surface area contributed by atoms with Crippen LogP contribution in [-0.4, -0.2) is 38.8 Å². The van der Waals surface area contributed by atoms with E-state index in [4.69, 9.17) is 0 Å². The van der Waals surface area contributed by atoms with Crippen molar-refractivity contribution in [1.82, 2.24) is 19.7 Å². The number of nitrogens with one attached hydrogen (secondary N) is 1. The van der Waals surface area contributed by atoms with Gasteiger partial charge in [0.05, 0.1) is 12.2 Å². The fourth-order valence-corrected chi connectivity index (χ4v) is 3.83. The van der Waals surface area contributed by atoms with E-state index < -0.39 is 0 Å². The van der Waals surface area contributed by atoms with Crippen LogP contribution in [0.1, 0.15) is 42.9 Å². The van der Waals surface area contributed by atoms with E-state index in [1.54, 1.807) is 6.20 Å². The largest absolute Gasteiger partial charge is 0.324 e. The molecule has 0 spiro atoms. The Balaban J connectivity index is 1.38. The third kappa shape index (κ3) is 3.91. The SMILES string of the molecule is C[C@@H](c1ccccc1)n1nccc1NC(=O)N1CCC(c2ccncc2)CC1. The Kier molecular flexibility index (Phi) is 5.37. The molecule has 0 radical (unpaired) electrons. The number of carbonyl (C=O) groups excluding carboxylic acids is 1. The molecule has 1 aliphatic rings. The highest BCUT2D eigenvalue weighted by Gasteiger charge is 2.24. The molecular weight excluding hydrogens is 350 g/mol. The fraction of sp³-hybridized carbons (Fsp3) is 0.318. The number of pyridine rings is 1. The Bertz CT molecular complexity index is 901. The average Bonchev–Trinajstić information content (AvgIpc) is 3.22. The van der Waals surface area contributed by atoms with Crippen LogP contribution in [0.5, 0.6) is 0 Å². The van der Waals surface area contributed by atoms with Crippen molar-refractivity contribution in [1.29, 1.82) is 0 Å². The molecule has 0 bridgehead atoms. The Morgan fingerprint density at radius 3 is 2.46 bits per heavy atom. The molecule has 2 amide bonds. The van der Waals surface area contributed by atoms with Crippen molar-refractivity contribution in [2.24, 2.45) is 0 Å². The lowest BCUT2D eigenvalue weighted by Crippen LogP contribution is -2.41. The molecule has 28 heavy (non-hydrogen) atoms. The first-order chi connectivity index (χ1) is 13.7. The third-order valence-electron chi connectivity index (χ3n) is 5.51. The maximum absolute atomic E-state index is 12.8. The minimum absolute atomic E-state index is 0.0453. The average molecular weight is 375 g/mol. The van der Waals surface area contributed by atoms with Gasteiger partial charge in [-0.1, -0.05) is 30.3 Å². The highest BCUT2D eigenvalue weighted by Crippen LogP contribution is 2.28. The molecule has 0 aliphatic carbocycles. The molecular formula is C22H25N5O. The number of benzene rings is 1. The molecule has 6 nitrogen and oxygen atoms in total. The van der Waals surface area contributed by atoms with Gasteiger partial charge in [0.2, 0.25) is 0 Å². The standard InChI is InChI=1S/C22H25N5O/c1-17(18-5-3-2-4-6-18)27-21(9-14-24-27)25-22(28)26-15-10-20(11-16-26)19-7-12-23-13-8-19/h2-9,12-14,17,20H,10-11,15-16H2,1H3,(H,25,28)/t17-/m0/s1. The third-order valence-corrected chi connectivity index (χ3v) is 5.51. The van der Waals surface area contributed by atoms with Crippen molar-refractivity contribution in [3.63, 3.8) is 0 Å². The molecule has 1 aromatic carbocycles. The van der Waals surface area contributed by atoms with Gasteiger partial charge in [-0.15, -0.1) is 0 Å². The van der Waals surface area contributed by atoms with E-state index in [9.17, 15) is 4.79 Å². The van der Waals surface area contributed by atoms with Gasteiger partial charge >= 0.3 is 6.03 Å². The molecule has 1 fully saturated rings. The number of amides is 2. The Hall–Kier alpha value is -3.15. The van der Waals surface area contributed by atoms with Gasteiger partial charge in [-0.3, -0.25) is 10.3 Å². The van der Waals surface area contributed by atoms with Gasteiger partial charge in [0, 0.05) is 31.5 Å². The van der Waals surface area contributed by atoms with Crippen LogP contribution in [0.25, 0.3) is 0 Å². The summed E-state index contributed by atoms with van der Waals surface area (Å²) in [5, 5.41) is 7.46. The van der Waals surface area contributed by atoms with Crippen LogP contribution < -0.4 is 5.32 Å². The van der Waals surface area contributed by atoms with Crippen molar-refractivity contribution in [3.05, 3.63) is 78.2 Å². The number of likely N-dealkylation sites (tertiary alicyclic amines) is 1. The molecule has 1 atom stereocenters. The molecule has 6 heteroatoms. The second-order valence-electron chi connectivity index (χ2n) is 7.22. The molecule has 3 aromatic rings. The minimum Gasteiger partial charge on any atom is -0.324 e. The second kappa shape index (κ2) is 8.25. The smallest absolute Gasteiger partial charge is 0.323 e. The van der Waals surface area contributed by atoms with Crippen LogP contribution in [0, 0.1) is 0 Å². The molecule has 3 heterocycles. The topological polar surface area (TPSA) is 63.1 Å². The van der Waals surface area contributed by atoms with E-state index in [2.05, 4.69) is 46.6 Å². The zero-order valence-corrected chi connectivity index (χ0v) is 16.0. The van der Waals surface area contributed by atoms with Gasteiger partial charge in [0.25, 0.3) is 0 Å². The zero-order valence-electron chi connectivity index (χ0n) is 16.0. The quantitative estimate of drug-likeness (QED) is 0.739. The second-order valence-corrected chi connectivity index (χ2v) is 7.22. The van der Waals surface area contributed by atoms with E-state index >= 15 is 0 Å². The number of rotatable bonds is 4. The van der Waals surface area contributed by atoms with Crippen molar-refractivity contribution < 1.29 is 4.79 Å². The van der Waals surface area contributed by atoms with Gasteiger partial charge < -0.3 is 4.90 Å². The predicted molar refractivity (Wildman–Crippen MR) is 109 cm³/mol. The van der Waals surface area contributed by atoms with Crippen LogP contribution in [0.15, 0.2) is 67.1 Å². The van der Waals surface area contributed by atoms with Crippen LogP contribution >= 0.6 is 0 Å². The van der Waals surface area contributed by atoms with Crippen LogP contribution in [0.3, 0.4) is 0 Å². The summed E-state index contributed by atoms with van der Waals surface area (Å²) >= 11 is 0. The Morgan fingerprint density at radius 1 is 1.04 bits per heavy atom. The number of hydrogen-bond acceptors (Lipinski definition) is 3. The van der Waals surface area contributed by atoms with Crippen LogP contribution in [0.2, 0.25) is 0 Å². The number of aromatic nitrogens is 3. The summed E-state index contributed by atoms with van der Waals surface area (Å²) < 4.78 is 1.86. The molecule has 144 valence electrons. The normalized spacial score (nSPS) is 16.0. The zero-order chi connectivity index (χ0) is 19.3. The molecule has 1 saturated heterocycles. The maximum Gasteiger partial charge on any atom is 0.323 e. The lowest BCUT2D eigenvalue weighted by atomic mass is 9.90. The summed E-state index contributed by atoms with van der Waals surface area (Å²) in [6.07, 6.45) is 7.34. The van der Waals surface area contributed by atoms with E-state index in [1.807, 2.05) is 46.2 Å². The molecule has 4 rings (SSSR count). The van der Waals surface area contributed by atoms with Crippen LogP contribution in [-0.2, 0) is 0 Å². The molecule has 0 unspecified atom stereocenters. The first kappa shape index (κ1) is 18.2. The highest BCUT2D eigenvalue weighted by atomic mass is 16.2. The highest BCUT2D eigenvalue weighted by molar-refractivity contribution is 5.88. The van der Waals surface area contributed by atoms with Crippen molar-refractivity contribution in [3.8, 4) is 0 Å². The number of carbonyl (C=O) groups is 1. The molecule has 1 aliphatic heterocycles. The van der Waals surface area contributed by atoms with Gasteiger partial charge in [0.15, 0.2) is 0 Å². The summed E-state index contributed by atoms with van der Waals surface area (Å²) in [6, 6.07) is 16.1. The minimum atomic E-state index is -0.0600. The molecule has 1 N–H and O–H groups in total. The van der Waals surface area contributed by atoms with E-state index in [0.29, 0.717) is 5.92 Å². The van der Waals surface area contributed by atoms with E-state index in [1.165, 1.54) is 5.56 Å². The first-order valence-corrected chi connectivity index (χ1v) is 9.76. The maximum atomic E-state index is 12.8. The fourth-order valence-electron chi connectivity index (χ4n) is 3.83. The summed E-state index contributed by atoms with van der Waals surface area (Å²) in [6.45, 7) is 3.58. The number of hydrogen-bond donors (Lipinski definition) is 1. The number of anilines is 1. The lowest BCUT2D eigenvalue weighted by Gasteiger charge is -2.32. The molecule has 0 saturated carbocycles. The van der Waals surface area contributed by atoms with Crippen molar-refractivity contribution in [2.75, 3.05) is 18.4 Å². The van der Waals surface area contributed by atoms with Gasteiger partial charge in [-0.25, -0.2) is 9.48 Å². The predicted octanol–water partition coefficient (Wildman–Crippen LogP) is 4.30. The monoisotopic (exact) mass is 375 g/mol. The van der Waals surface area contributed by atoms with Gasteiger partial charge in [0.1, 0.15) is 5.82 Å². The number of nitrogens with zero attached hydrogens (tertiary/aromatic N) is 4. The summed E-state index contributed by atoms with van der Waals surface area (Å²) in [5.41, 5.74) is 2.46. The van der Waals surface area contributed by atoms with Crippen molar-refractivity contribution >= 4 is 11.8 Å². The van der Waals surface area contributed by atoms with Crippen molar-refractivity contribution in [2.45, 2.75) is 31.7 Å². The lowest BCUT2D eigenvalue weighted by molar-refractivity contribution is 0.194. The van der Waals surface area contributed by atoms with E-state index in [0.717, 1.165) is 37.3 Å². The van der Waals surface area contributed by atoms with Gasteiger partial charge in [-0.05, 0) is 48.9 Å². The Morgan fingerprint density at radius 2 is 1.75 bits per heavy atom. The first-order valence-electron chi connectivity index (χ1n) is 9.76. The van der Waals surface area contributed by atoms with Gasteiger partial charge in [-0.2, -0.15) is 5.10 Å². The number of urea groups is 1. The Labute approximate surface area is 165 Å². The summed E-state index contributed by atoms with van der Waals surface area (Å²) in [4.78, 5) is 18.8. The summed E-state index contributed by atoms with van der Waals surface area (Å²) in [5.74, 6) is 1.22. The summed E-state index contributed by atoms with van der Waals surface area (Å²) in [7, 11) is 0. The van der Waals surface area contributed by atoms with E-state index in [-0.39, 0.29) is 12.1 Å². The molecule has 2 aromatic heterocycles. The number of piperidine rings is 1.